The highest BCUT2D eigenvalue weighted by molar-refractivity contribution is 5.78. The van der Waals surface area contributed by atoms with Crippen LogP contribution in [0.25, 0.3) is 0 Å². The zero-order valence-electron chi connectivity index (χ0n) is 26.6. The van der Waals surface area contributed by atoms with Crippen LogP contribution in [0.4, 0.5) is 0 Å². The SMILES string of the molecule is CCCCCCCC/C=C\CCCCCCCC(=O)CCCCCCCCOC(=O)CCCCCCCCC. The number of esters is 1. The quantitative estimate of drug-likeness (QED) is 0.0477. The van der Waals surface area contributed by atoms with Crippen molar-refractivity contribution >= 4 is 11.8 Å². The lowest BCUT2D eigenvalue weighted by Crippen LogP contribution is -2.05. The number of hydrogen-bond acceptors (Lipinski definition) is 3. The van der Waals surface area contributed by atoms with Crippen molar-refractivity contribution in [2.24, 2.45) is 0 Å². The maximum Gasteiger partial charge on any atom is 0.305 e. The Morgan fingerprint density at radius 2 is 0.795 bits per heavy atom. The van der Waals surface area contributed by atoms with Crippen LogP contribution in [-0.2, 0) is 14.3 Å². The van der Waals surface area contributed by atoms with E-state index in [9.17, 15) is 9.59 Å². The summed E-state index contributed by atoms with van der Waals surface area (Å²) in [5, 5.41) is 0. The number of carbonyl (C=O) groups excluding carboxylic acids is 2. The summed E-state index contributed by atoms with van der Waals surface area (Å²) in [4.78, 5) is 23.9. The van der Waals surface area contributed by atoms with Gasteiger partial charge in [0.1, 0.15) is 5.78 Å². The molecule has 0 aliphatic heterocycles. The van der Waals surface area contributed by atoms with Crippen LogP contribution in [0.15, 0.2) is 12.2 Å². The standard InChI is InChI=1S/C36H68O3/c1-3-5-7-9-11-12-13-14-15-16-17-18-20-23-27-31-35(37)32-28-24-21-22-26-30-34-39-36(38)33-29-25-19-10-8-6-4-2/h14-15H,3-13,16-34H2,1-2H3/b15-14-. The summed E-state index contributed by atoms with van der Waals surface area (Å²) in [6, 6.07) is 0. The number of ketones is 1. The molecule has 0 radical (unpaired) electrons. The van der Waals surface area contributed by atoms with Crippen LogP contribution in [0.1, 0.15) is 200 Å². The van der Waals surface area contributed by atoms with Crippen molar-refractivity contribution < 1.29 is 14.3 Å². The maximum absolute atomic E-state index is 12.1. The zero-order chi connectivity index (χ0) is 28.5. The molecule has 0 saturated carbocycles. The Balaban J connectivity index is 3.27. The largest absolute Gasteiger partial charge is 0.466 e. The lowest BCUT2D eigenvalue weighted by Gasteiger charge is -2.05. The topological polar surface area (TPSA) is 43.4 Å². The predicted molar refractivity (Wildman–Crippen MR) is 170 cm³/mol. The van der Waals surface area contributed by atoms with E-state index in [4.69, 9.17) is 4.74 Å². The van der Waals surface area contributed by atoms with Gasteiger partial charge in [0.25, 0.3) is 0 Å². The molecule has 3 heteroatoms. The molecule has 39 heavy (non-hydrogen) atoms. The van der Waals surface area contributed by atoms with Crippen molar-refractivity contribution in [3.8, 4) is 0 Å². The zero-order valence-corrected chi connectivity index (χ0v) is 26.6. The van der Waals surface area contributed by atoms with Gasteiger partial charge in [-0.15, -0.1) is 0 Å². The van der Waals surface area contributed by atoms with Crippen LogP contribution >= 0.6 is 0 Å². The molecule has 3 nitrogen and oxygen atoms in total. The van der Waals surface area contributed by atoms with Gasteiger partial charge in [-0.3, -0.25) is 9.59 Å². The van der Waals surface area contributed by atoms with Gasteiger partial charge in [-0.25, -0.2) is 0 Å². The van der Waals surface area contributed by atoms with Crippen LogP contribution in [0.2, 0.25) is 0 Å². The van der Waals surface area contributed by atoms with Gasteiger partial charge in [0.2, 0.25) is 0 Å². The summed E-state index contributed by atoms with van der Waals surface area (Å²) in [5.74, 6) is 0.439. The van der Waals surface area contributed by atoms with E-state index in [0.717, 1.165) is 57.8 Å². The second-order valence-corrected chi connectivity index (χ2v) is 11.8. The molecule has 0 fully saturated rings. The Labute approximate surface area is 244 Å². The first-order valence-electron chi connectivity index (χ1n) is 17.5. The third-order valence-electron chi connectivity index (χ3n) is 7.81. The van der Waals surface area contributed by atoms with Crippen molar-refractivity contribution in [2.45, 2.75) is 200 Å². The molecule has 0 aromatic heterocycles. The number of carbonyl (C=O) groups is 2. The van der Waals surface area contributed by atoms with Crippen molar-refractivity contribution in [1.82, 2.24) is 0 Å². The Hall–Kier alpha value is -1.12. The average molecular weight is 549 g/mol. The highest BCUT2D eigenvalue weighted by Crippen LogP contribution is 2.13. The van der Waals surface area contributed by atoms with E-state index in [1.165, 1.54) is 122 Å². The average Bonchev–Trinajstić information content (AvgIpc) is 2.93. The highest BCUT2D eigenvalue weighted by atomic mass is 16.5. The summed E-state index contributed by atoms with van der Waals surface area (Å²) in [5.41, 5.74) is 0. The molecule has 0 saturated heterocycles. The fourth-order valence-corrected chi connectivity index (χ4v) is 5.13. The fraction of sp³-hybridized carbons (Fsp3) is 0.889. The second-order valence-electron chi connectivity index (χ2n) is 11.8. The molecule has 0 aromatic rings. The minimum Gasteiger partial charge on any atom is -0.466 e. The molecule has 0 unspecified atom stereocenters. The first-order chi connectivity index (χ1) is 19.2. The van der Waals surface area contributed by atoms with E-state index < -0.39 is 0 Å². The van der Waals surface area contributed by atoms with Gasteiger partial charge < -0.3 is 4.74 Å². The third-order valence-corrected chi connectivity index (χ3v) is 7.81. The minimum absolute atomic E-state index is 0.0201. The van der Waals surface area contributed by atoms with Gasteiger partial charge in [0.05, 0.1) is 6.61 Å². The number of unbranched alkanes of at least 4 members (excludes halogenated alkanes) is 22. The lowest BCUT2D eigenvalue weighted by molar-refractivity contribution is -0.143. The summed E-state index contributed by atoms with van der Waals surface area (Å²) in [6.07, 6.45) is 39.1. The van der Waals surface area contributed by atoms with E-state index in [1.54, 1.807) is 0 Å². The Bertz CT molecular complexity index is 539. The molecule has 0 rings (SSSR count). The first-order valence-corrected chi connectivity index (χ1v) is 17.5. The van der Waals surface area contributed by atoms with E-state index in [2.05, 4.69) is 26.0 Å². The van der Waals surface area contributed by atoms with E-state index in [-0.39, 0.29) is 5.97 Å². The molecule has 0 spiro atoms. The van der Waals surface area contributed by atoms with Gasteiger partial charge >= 0.3 is 5.97 Å². The van der Waals surface area contributed by atoms with E-state index >= 15 is 0 Å². The van der Waals surface area contributed by atoms with Crippen molar-refractivity contribution in [2.75, 3.05) is 6.61 Å². The maximum atomic E-state index is 12.1. The normalized spacial score (nSPS) is 11.4. The number of Topliss-reactive ketones (excluding diaryl/α,β-unsaturated/α-hetero) is 1. The van der Waals surface area contributed by atoms with E-state index in [0.29, 0.717) is 18.8 Å². The van der Waals surface area contributed by atoms with E-state index in [1.807, 2.05) is 0 Å². The smallest absolute Gasteiger partial charge is 0.305 e. The Morgan fingerprint density at radius 1 is 0.436 bits per heavy atom. The molecule has 0 bridgehead atoms. The fourth-order valence-electron chi connectivity index (χ4n) is 5.13. The molecular weight excluding hydrogens is 480 g/mol. The minimum atomic E-state index is -0.0201. The van der Waals surface area contributed by atoms with Crippen molar-refractivity contribution in [1.29, 1.82) is 0 Å². The number of ether oxygens (including phenoxy) is 1. The summed E-state index contributed by atoms with van der Waals surface area (Å²) >= 11 is 0. The second kappa shape index (κ2) is 33.1. The van der Waals surface area contributed by atoms with Gasteiger partial charge in [0.15, 0.2) is 0 Å². The first kappa shape index (κ1) is 37.9. The Kier molecular flexibility index (Phi) is 32.1. The molecule has 0 amide bonds. The molecular formula is C36H68O3. The molecule has 0 aromatic carbocycles. The van der Waals surface area contributed by atoms with Gasteiger partial charge in [-0.1, -0.05) is 142 Å². The summed E-state index contributed by atoms with van der Waals surface area (Å²) < 4.78 is 5.36. The molecule has 0 atom stereocenters. The number of hydrogen-bond donors (Lipinski definition) is 0. The number of rotatable bonds is 32. The molecule has 0 heterocycles. The molecule has 0 aliphatic carbocycles. The molecule has 230 valence electrons. The number of allylic oxidation sites excluding steroid dienone is 2. The van der Waals surface area contributed by atoms with Crippen LogP contribution in [0.5, 0.6) is 0 Å². The molecule has 0 N–H and O–H groups in total. The van der Waals surface area contributed by atoms with Gasteiger partial charge in [-0.05, 0) is 51.4 Å². The highest BCUT2D eigenvalue weighted by Gasteiger charge is 2.04. The monoisotopic (exact) mass is 549 g/mol. The lowest BCUT2D eigenvalue weighted by atomic mass is 10.0. The van der Waals surface area contributed by atoms with Gasteiger partial charge in [-0.2, -0.15) is 0 Å². The van der Waals surface area contributed by atoms with Crippen LogP contribution < -0.4 is 0 Å². The van der Waals surface area contributed by atoms with Crippen LogP contribution in [0.3, 0.4) is 0 Å². The van der Waals surface area contributed by atoms with Crippen LogP contribution in [-0.4, -0.2) is 18.4 Å². The van der Waals surface area contributed by atoms with Crippen molar-refractivity contribution in [3.05, 3.63) is 12.2 Å². The third kappa shape index (κ3) is 33.0. The summed E-state index contributed by atoms with van der Waals surface area (Å²) in [7, 11) is 0. The predicted octanol–water partition coefficient (Wildman–Crippen LogP) is 12.0. The van der Waals surface area contributed by atoms with Gasteiger partial charge in [0, 0.05) is 19.3 Å². The van der Waals surface area contributed by atoms with Crippen LogP contribution in [0, 0.1) is 0 Å². The molecule has 0 aliphatic rings. The Morgan fingerprint density at radius 3 is 1.26 bits per heavy atom. The van der Waals surface area contributed by atoms with Crippen molar-refractivity contribution in [3.63, 3.8) is 0 Å². The summed E-state index contributed by atoms with van der Waals surface area (Å²) in [6.45, 7) is 5.08.